The number of para-hydroxylation sites is 1. The van der Waals surface area contributed by atoms with Gasteiger partial charge in [0.05, 0.1) is 6.61 Å². The number of fused-ring (bicyclic) bond motifs is 1. The predicted octanol–water partition coefficient (Wildman–Crippen LogP) is 2.96. The van der Waals surface area contributed by atoms with Crippen LogP contribution in [-0.2, 0) is 0 Å². The van der Waals surface area contributed by atoms with Gasteiger partial charge in [0.2, 0.25) is 0 Å². The highest BCUT2D eigenvalue weighted by molar-refractivity contribution is 5.39. The summed E-state index contributed by atoms with van der Waals surface area (Å²) < 4.78 is 5.72. The molecule has 0 aromatic heterocycles. The fourth-order valence-corrected chi connectivity index (χ4v) is 2.59. The Hall–Kier alpha value is -1.28. The summed E-state index contributed by atoms with van der Waals surface area (Å²) in [6.45, 7) is 7.97. The van der Waals surface area contributed by atoms with E-state index in [1.807, 2.05) is 13.1 Å². The van der Waals surface area contributed by atoms with Gasteiger partial charge in [-0.3, -0.25) is 0 Å². The smallest absolute Gasteiger partial charge is 0.122 e. The lowest BCUT2D eigenvalue weighted by Crippen LogP contribution is -2.29. The second-order valence-corrected chi connectivity index (χ2v) is 5.14. The average molecular weight is 231 g/mol. The number of benzene rings is 1. The van der Waals surface area contributed by atoms with Gasteiger partial charge in [-0.15, -0.1) is 6.58 Å². The summed E-state index contributed by atoms with van der Waals surface area (Å²) in [5.74, 6) is 1.54. The van der Waals surface area contributed by atoms with E-state index in [1.165, 1.54) is 5.56 Å². The van der Waals surface area contributed by atoms with Gasteiger partial charge in [0.25, 0.3) is 0 Å². The lowest BCUT2D eigenvalue weighted by atomic mass is 9.79. The van der Waals surface area contributed by atoms with E-state index < -0.39 is 0 Å². The van der Waals surface area contributed by atoms with Gasteiger partial charge in [0, 0.05) is 18.0 Å². The minimum absolute atomic E-state index is 0.125. The zero-order chi connectivity index (χ0) is 12.3. The Morgan fingerprint density at radius 2 is 2.29 bits per heavy atom. The van der Waals surface area contributed by atoms with Crippen molar-refractivity contribution >= 4 is 0 Å². The van der Waals surface area contributed by atoms with Crippen LogP contribution in [0.4, 0.5) is 0 Å². The van der Waals surface area contributed by atoms with Gasteiger partial charge in [-0.1, -0.05) is 31.2 Å². The van der Waals surface area contributed by atoms with Crippen molar-refractivity contribution in [3.63, 3.8) is 0 Å². The molecule has 0 radical (unpaired) electrons. The lowest BCUT2D eigenvalue weighted by Gasteiger charge is -2.28. The molecule has 1 aliphatic rings. The molecule has 0 fully saturated rings. The molecule has 2 unspecified atom stereocenters. The van der Waals surface area contributed by atoms with Crippen LogP contribution < -0.4 is 10.1 Å². The highest BCUT2D eigenvalue weighted by Gasteiger charge is 2.30. The quantitative estimate of drug-likeness (QED) is 0.787. The van der Waals surface area contributed by atoms with Crippen LogP contribution in [0.3, 0.4) is 0 Å². The minimum atomic E-state index is 0.125. The van der Waals surface area contributed by atoms with Crippen LogP contribution in [0.25, 0.3) is 0 Å². The fraction of sp³-hybridized carbons (Fsp3) is 0.467. The number of hydrogen-bond donors (Lipinski definition) is 1. The molecular weight excluding hydrogens is 210 g/mol. The van der Waals surface area contributed by atoms with Crippen molar-refractivity contribution in [3.8, 4) is 5.75 Å². The molecule has 2 atom stereocenters. The zero-order valence-electron chi connectivity index (χ0n) is 10.7. The Bertz CT molecular complexity index is 402. The number of nitrogens with one attached hydrogen (secondary N) is 1. The molecule has 17 heavy (non-hydrogen) atoms. The molecule has 0 aliphatic carbocycles. The van der Waals surface area contributed by atoms with Crippen molar-refractivity contribution in [1.29, 1.82) is 0 Å². The highest BCUT2D eigenvalue weighted by atomic mass is 16.5. The minimum Gasteiger partial charge on any atom is -0.493 e. The maximum atomic E-state index is 5.72. The van der Waals surface area contributed by atoms with E-state index in [0.29, 0.717) is 5.92 Å². The van der Waals surface area contributed by atoms with E-state index in [4.69, 9.17) is 4.74 Å². The van der Waals surface area contributed by atoms with Gasteiger partial charge >= 0.3 is 0 Å². The van der Waals surface area contributed by atoms with E-state index >= 15 is 0 Å². The standard InChI is InChI=1S/C15H21NO/c1-4-15(2,11-16-3)9-12-10-17-14-8-6-5-7-13(12)14/h4-8,12,16H,1,9-11H2,2-3H3. The summed E-state index contributed by atoms with van der Waals surface area (Å²) in [4.78, 5) is 0. The van der Waals surface area contributed by atoms with Crippen LogP contribution in [0, 0.1) is 5.41 Å². The molecule has 1 heterocycles. The van der Waals surface area contributed by atoms with Gasteiger partial charge in [0.1, 0.15) is 5.75 Å². The summed E-state index contributed by atoms with van der Waals surface area (Å²) in [6, 6.07) is 8.35. The largest absolute Gasteiger partial charge is 0.493 e. The predicted molar refractivity (Wildman–Crippen MR) is 71.5 cm³/mol. The lowest BCUT2D eigenvalue weighted by molar-refractivity contribution is 0.279. The molecule has 1 N–H and O–H groups in total. The molecule has 1 aromatic rings. The molecule has 0 spiro atoms. The van der Waals surface area contributed by atoms with E-state index in [9.17, 15) is 0 Å². The van der Waals surface area contributed by atoms with Crippen molar-refractivity contribution in [2.75, 3.05) is 20.2 Å². The zero-order valence-corrected chi connectivity index (χ0v) is 10.7. The van der Waals surface area contributed by atoms with Gasteiger partial charge in [-0.05, 0) is 24.9 Å². The number of hydrogen-bond acceptors (Lipinski definition) is 2. The Kier molecular flexibility index (Phi) is 3.53. The third-order valence-corrected chi connectivity index (χ3v) is 3.58. The third-order valence-electron chi connectivity index (χ3n) is 3.58. The van der Waals surface area contributed by atoms with E-state index in [1.54, 1.807) is 0 Å². The summed E-state index contributed by atoms with van der Waals surface area (Å²) in [7, 11) is 1.99. The van der Waals surface area contributed by atoms with Crippen molar-refractivity contribution in [3.05, 3.63) is 42.5 Å². The molecular formula is C15H21NO. The first kappa shape index (κ1) is 12.2. The Morgan fingerprint density at radius 1 is 1.53 bits per heavy atom. The van der Waals surface area contributed by atoms with Crippen LogP contribution in [0.15, 0.2) is 36.9 Å². The average Bonchev–Trinajstić information content (AvgIpc) is 2.73. The van der Waals surface area contributed by atoms with Crippen LogP contribution in [0.5, 0.6) is 5.75 Å². The summed E-state index contributed by atoms with van der Waals surface area (Å²) in [5, 5.41) is 3.25. The number of ether oxygens (including phenoxy) is 1. The Labute approximate surface area is 104 Å². The summed E-state index contributed by atoms with van der Waals surface area (Å²) >= 11 is 0. The highest BCUT2D eigenvalue weighted by Crippen LogP contribution is 2.40. The van der Waals surface area contributed by atoms with E-state index in [2.05, 4.69) is 43.1 Å². The van der Waals surface area contributed by atoms with Gasteiger partial charge in [0.15, 0.2) is 0 Å². The molecule has 1 aromatic carbocycles. The molecule has 0 saturated carbocycles. The molecule has 0 amide bonds. The normalized spacial score (nSPS) is 21.4. The van der Waals surface area contributed by atoms with Crippen molar-refractivity contribution < 1.29 is 4.74 Å². The van der Waals surface area contributed by atoms with Crippen LogP contribution in [-0.4, -0.2) is 20.2 Å². The Balaban J connectivity index is 2.13. The second-order valence-electron chi connectivity index (χ2n) is 5.14. The summed E-state index contributed by atoms with van der Waals surface area (Å²) in [5.41, 5.74) is 1.47. The first-order valence-electron chi connectivity index (χ1n) is 6.18. The number of rotatable bonds is 5. The first-order valence-corrected chi connectivity index (χ1v) is 6.18. The molecule has 2 rings (SSSR count). The maximum Gasteiger partial charge on any atom is 0.122 e. The molecule has 0 saturated heterocycles. The third kappa shape index (κ3) is 2.52. The van der Waals surface area contributed by atoms with Crippen LogP contribution in [0.2, 0.25) is 0 Å². The van der Waals surface area contributed by atoms with Crippen LogP contribution in [0.1, 0.15) is 24.8 Å². The maximum absolute atomic E-state index is 5.72. The van der Waals surface area contributed by atoms with E-state index in [0.717, 1.165) is 25.3 Å². The monoisotopic (exact) mass is 231 g/mol. The van der Waals surface area contributed by atoms with E-state index in [-0.39, 0.29) is 5.41 Å². The van der Waals surface area contributed by atoms with Gasteiger partial charge in [-0.25, -0.2) is 0 Å². The SMILES string of the molecule is C=CC(C)(CNC)CC1COc2ccccc21. The molecule has 2 nitrogen and oxygen atoms in total. The Morgan fingerprint density at radius 3 is 3.00 bits per heavy atom. The van der Waals surface area contributed by atoms with Crippen LogP contribution >= 0.6 is 0 Å². The molecule has 1 aliphatic heterocycles. The summed E-state index contributed by atoms with van der Waals surface area (Å²) in [6.07, 6.45) is 3.14. The van der Waals surface area contributed by atoms with Gasteiger partial charge < -0.3 is 10.1 Å². The fourth-order valence-electron chi connectivity index (χ4n) is 2.59. The second kappa shape index (κ2) is 4.92. The molecule has 0 bridgehead atoms. The molecule has 2 heteroatoms. The van der Waals surface area contributed by atoms with Crippen molar-refractivity contribution in [2.45, 2.75) is 19.3 Å². The van der Waals surface area contributed by atoms with Crippen molar-refractivity contribution in [2.24, 2.45) is 5.41 Å². The van der Waals surface area contributed by atoms with Gasteiger partial charge in [-0.2, -0.15) is 0 Å². The topological polar surface area (TPSA) is 21.3 Å². The molecule has 92 valence electrons. The van der Waals surface area contributed by atoms with Crippen molar-refractivity contribution in [1.82, 2.24) is 5.32 Å². The first-order chi connectivity index (χ1) is 8.18.